The van der Waals surface area contributed by atoms with Crippen molar-refractivity contribution >= 4 is 17.2 Å². The van der Waals surface area contributed by atoms with Gasteiger partial charge in [0.2, 0.25) is 0 Å². The van der Waals surface area contributed by atoms with E-state index in [0.717, 1.165) is 11.1 Å². The lowest BCUT2D eigenvalue weighted by molar-refractivity contribution is -0.671. The predicted octanol–water partition coefficient (Wildman–Crippen LogP) is 5.16. The van der Waals surface area contributed by atoms with Crippen molar-refractivity contribution in [3.05, 3.63) is 118 Å². The van der Waals surface area contributed by atoms with Gasteiger partial charge in [0.1, 0.15) is 23.6 Å². The zero-order chi connectivity index (χ0) is 23.7. The van der Waals surface area contributed by atoms with Gasteiger partial charge < -0.3 is 9.84 Å². The molecule has 0 bridgehead atoms. The maximum Gasteiger partial charge on any atom is 0.354 e. The molecule has 0 amide bonds. The number of ether oxygens (including phenoxy) is 1. The molecule has 7 heteroatoms. The maximum atomic E-state index is 13.6. The van der Waals surface area contributed by atoms with E-state index in [1.807, 2.05) is 55.5 Å². The van der Waals surface area contributed by atoms with Gasteiger partial charge in [-0.2, -0.15) is 8.97 Å². The topological polar surface area (TPSA) is 67.7 Å². The first-order valence-electron chi connectivity index (χ1n) is 10.7. The van der Waals surface area contributed by atoms with E-state index in [4.69, 9.17) is 16.3 Å². The molecule has 0 unspecified atom stereocenters. The highest BCUT2D eigenvalue weighted by Crippen LogP contribution is 2.26. The highest BCUT2D eigenvalue weighted by molar-refractivity contribution is 6.29. The highest BCUT2D eigenvalue weighted by atomic mass is 35.5. The summed E-state index contributed by atoms with van der Waals surface area (Å²) in [5, 5.41) is 11.6. The fraction of sp³-hybridized carbons (Fsp3) is 0.0741. The first-order chi connectivity index (χ1) is 16.5. The minimum absolute atomic E-state index is 0.127. The molecule has 0 fully saturated rings. The molecular formula is C27H21ClN3O3+. The van der Waals surface area contributed by atoms with Crippen LogP contribution in [0.5, 0.6) is 17.4 Å². The molecule has 0 spiro atoms. The Bertz CT molecular complexity index is 1530. The molecule has 2 aromatic carbocycles. The van der Waals surface area contributed by atoms with Crippen LogP contribution in [-0.4, -0.2) is 14.5 Å². The molecule has 1 N–H and O–H groups in total. The quantitative estimate of drug-likeness (QED) is 0.285. The lowest BCUT2D eigenvalue weighted by atomic mass is 10.1. The van der Waals surface area contributed by atoms with Crippen molar-refractivity contribution in [2.45, 2.75) is 13.5 Å². The molecule has 0 aliphatic rings. The Morgan fingerprint density at radius 3 is 2.41 bits per heavy atom. The van der Waals surface area contributed by atoms with E-state index in [0.29, 0.717) is 27.9 Å². The van der Waals surface area contributed by atoms with Crippen LogP contribution in [0, 0.1) is 6.92 Å². The van der Waals surface area contributed by atoms with Gasteiger partial charge in [-0.25, -0.2) is 9.78 Å². The molecule has 6 nitrogen and oxygen atoms in total. The van der Waals surface area contributed by atoms with Crippen molar-refractivity contribution in [3.8, 4) is 28.5 Å². The number of benzene rings is 2. The number of aromatic nitrogens is 3. The molecule has 5 aromatic rings. The van der Waals surface area contributed by atoms with Crippen LogP contribution in [0.4, 0.5) is 0 Å². The number of pyridine rings is 2. The minimum atomic E-state index is -0.349. The van der Waals surface area contributed by atoms with Crippen molar-refractivity contribution in [2.75, 3.05) is 0 Å². The van der Waals surface area contributed by atoms with E-state index in [2.05, 4.69) is 4.98 Å². The van der Waals surface area contributed by atoms with Crippen LogP contribution < -0.4 is 14.9 Å². The Hall–Kier alpha value is -4.16. The average Bonchev–Trinajstić information content (AvgIpc) is 2.85. The van der Waals surface area contributed by atoms with E-state index in [1.165, 1.54) is 4.40 Å². The Labute approximate surface area is 200 Å². The molecule has 0 radical (unpaired) electrons. The smallest absolute Gasteiger partial charge is 0.354 e. The minimum Gasteiger partial charge on any atom is -0.477 e. The van der Waals surface area contributed by atoms with Gasteiger partial charge in [-0.05, 0) is 36.8 Å². The Morgan fingerprint density at radius 1 is 0.971 bits per heavy atom. The van der Waals surface area contributed by atoms with Gasteiger partial charge in [0.05, 0.1) is 0 Å². The summed E-state index contributed by atoms with van der Waals surface area (Å²) in [6.45, 7) is 2.30. The highest BCUT2D eigenvalue weighted by Gasteiger charge is 2.26. The van der Waals surface area contributed by atoms with E-state index in [-0.39, 0.29) is 23.5 Å². The summed E-state index contributed by atoms with van der Waals surface area (Å²) in [7, 11) is 0. The third-order valence-corrected chi connectivity index (χ3v) is 5.76. The van der Waals surface area contributed by atoms with Crippen LogP contribution >= 0.6 is 11.6 Å². The normalized spacial score (nSPS) is 11.0. The van der Waals surface area contributed by atoms with Gasteiger partial charge in [-0.3, -0.25) is 0 Å². The molecule has 34 heavy (non-hydrogen) atoms. The van der Waals surface area contributed by atoms with Gasteiger partial charge in [0.25, 0.3) is 11.5 Å². The summed E-state index contributed by atoms with van der Waals surface area (Å²) in [4.78, 5) is 17.7. The van der Waals surface area contributed by atoms with Crippen LogP contribution in [0.2, 0.25) is 5.15 Å². The van der Waals surface area contributed by atoms with E-state index >= 15 is 0 Å². The van der Waals surface area contributed by atoms with Gasteiger partial charge in [0.15, 0.2) is 11.3 Å². The second-order valence-electron chi connectivity index (χ2n) is 7.95. The van der Waals surface area contributed by atoms with E-state index in [1.54, 1.807) is 47.3 Å². The van der Waals surface area contributed by atoms with Gasteiger partial charge in [-0.1, -0.05) is 65.7 Å². The van der Waals surface area contributed by atoms with Crippen molar-refractivity contribution < 1.29 is 14.4 Å². The number of hydrogen-bond acceptors (Lipinski definition) is 4. The standard InChI is InChI=1S/C27H20ClN3O3/c1-18-7-10-21(11-8-18)34-22-12-14-24-30(16-19-9-13-23(28)29-15-19)26(32)25(27(33)31(24)17-22)20-5-3-2-4-6-20/h2-15,17H,16H2,1H3/p+1. The summed E-state index contributed by atoms with van der Waals surface area (Å²) >= 11 is 5.93. The van der Waals surface area contributed by atoms with Crippen LogP contribution in [-0.2, 0) is 6.54 Å². The predicted molar refractivity (Wildman–Crippen MR) is 131 cm³/mol. The number of fused-ring (bicyclic) bond motifs is 1. The maximum absolute atomic E-state index is 13.6. The second kappa shape index (κ2) is 9.00. The van der Waals surface area contributed by atoms with Crippen molar-refractivity contribution in [2.24, 2.45) is 0 Å². The Kier molecular flexibility index (Phi) is 5.74. The number of hydrogen-bond donors (Lipinski definition) is 1. The summed E-state index contributed by atoms with van der Waals surface area (Å²) in [6, 6.07) is 23.8. The SMILES string of the molecule is Cc1ccc(Oc2ccc3n(c2)c(=O)c(-c2ccccc2)c(O)[n+]3Cc2ccc(Cl)nc2)cc1. The lowest BCUT2D eigenvalue weighted by Gasteiger charge is -2.11. The molecule has 0 atom stereocenters. The molecule has 3 aromatic heterocycles. The summed E-state index contributed by atoms with van der Waals surface area (Å²) in [6.07, 6.45) is 3.29. The Morgan fingerprint density at radius 2 is 1.71 bits per heavy atom. The Balaban J connectivity index is 1.69. The number of rotatable bonds is 5. The second-order valence-corrected chi connectivity index (χ2v) is 8.34. The fourth-order valence-electron chi connectivity index (χ4n) is 3.81. The molecule has 0 aliphatic carbocycles. The molecule has 0 saturated heterocycles. The molecular weight excluding hydrogens is 450 g/mol. The number of nitrogens with zero attached hydrogens (tertiary/aromatic N) is 3. The zero-order valence-corrected chi connectivity index (χ0v) is 19.1. The van der Waals surface area contributed by atoms with Gasteiger partial charge in [-0.15, -0.1) is 0 Å². The molecule has 3 heterocycles. The molecule has 0 aliphatic heterocycles. The van der Waals surface area contributed by atoms with Crippen molar-refractivity contribution in [1.82, 2.24) is 9.38 Å². The molecule has 0 saturated carbocycles. The average molecular weight is 471 g/mol. The third kappa shape index (κ3) is 4.23. The van der Waals surface area contributed by atoms with Gasteiger partial charge >= 0.3 is 5.56 Å². The van der Waals surface area contributed by atoms with Crippen LogP contribution in [0.1, 0.15) is 11.1 Å². The zero-order valence-electron chi connectivity index (χ0n) is 18.4. The van der Waals surface area contributed by atoms with Crippen molar-refractivity contribution in [3.63, 3.8) is 0 Å². The summed E-state index contributed by atoms with van der Waals surface area (Å²) in [5.74, 6) is 1.04. The number of halogens is 1. The lowest BCUT2D eigenvalue weighted by Crippen LogP contribution is -2.41. The molecule has 168 valence electrons. The first kappa shape index (κ1) is 21.7. The monoisotopic (exact) mass is 470 g/mol. The fourth-order valence-corrected chi connectivity index (χ4v) is 3.93. The van der Waals surface area contributed by atoms with Crippen LogP contribution in [0.15, 0.2) is 96.1 Å². The summed E-state index contributed by atoms with van der Waals surface area (Å²) < 4.78 is 9.15. The number of aryl methyl sites for hydroxylation is 1. The van der Waals surface area contributed by atoms with Gasteiger partial charge in [0, 0.05) is 17.8 Å². The van der Waals surface area contributed by atoms with Crippen molar-refractivity contribution in [1.29, 1.82) is 0 Å². The van der Waals surface area contributed by atoms with E-state index in [9.17, 15) is 9.90 Å². The van der Waals surface area contributed by atoms with E-state index < -0.39 is 0 Å². The van der Waals surface area contributed by atoms with Crippen LogP contribution in [0.3, 0.4) is 0 Å². The van der Waals surface area contributed by atoms with Crippen LogP contribution in [0.25, 0.3) is 16.8 Å². The summed E-state index contributed by atoms with van der Waals surface area (Å²) in [5.41, 5.74) is 2.93. The number of aromatic hydroxyl groups is 1. The molecule has 5 rings (SSSR count). The third-order valence-electron chi connectivity index (χ3n) is 5.54. The largest absolute Gasteiger partial charge is 0.477 e. The first-order valence-corrected chi connectivity index (χ1v) is 11.1.